The summed E-state index contributed by atoms with van der Waals surface area (Å²) in [6.45, 7) is 5.31. The van der Waals surface area contributed by atoms with E-state index in [-0.39, 0.29) is 17.3 Å². The standard InChI is InChI=1S/C23H24F3N3/c1-23(27-21-13-18(25)11-16-3-2-8-29(23)22(16)21)14-28-9-6-15(7-10-28)19-12-17(24)4-5-20(19)26/h4-6,11-13,27H,2-3,7-10,14H2,1H3. The van der Waals surface area contributed by atoms with E-state index in [9.17, 15) is 13.2 Å². The third-order valence-corrected chi connectivity index (χ3v) is 6.35. The highest BCUT2D eigenvalue weighted by molar-refractivity contribution is 5.82. The van der Waals surface area contributed by atoms with Crippen LogP contribution in [0.1, 0.15) is 30.9 Å². The second-order valence-electron chi connectivity index (χ2n) is 8.45. The van der Waals surface area contributed by atoms with Crippen LogP contribution >= 0.6 is 0 Å². The van der Waals surface area contributed by atoms with Gasteiger partial charge in [0.2, 0.25) is 0 Å². The Morgan fingerprint density at radius 2 is 1.90 bits per heavy atom. The van der Waals surface area contributed by atoms with E-state index in [1.807, 2.05) is 6.08 Å². The van der Waals surface area contributed by atoms with E-state index in [0.717, 1.165) is 61.1 Å². The molecule has 1 N–H and O–H groups in total. The molecule has 2 aromatic rings. The molecule has 0 amide bonds. The van der Waals surface area contributed by atoms with Crippen LogP contribution in [0.25, 0.3) is 5.57 Å². The second-order valence-corrected chi connectivity index (χ2v) is 8.45. The van der Waals surface area contributed by atoms with Crippen LogP contribution in [0.5, 0.6) is 0 Å². The highest BCUT2D eigenvalue weighted by Gasteiger charge is 2.43. The van der Waals surface area contributed by atoms with E-state index in [0.29, 0.717) is 18.5 Å². The molecule has 3 nitrogen and oxygen atoms in total. The van der Waals surface area contributed by atoms with E-state index in [1.165, 1.54) is 12.1 Å². The maximum absolute atomic E-state index is 14.1. The van der Waals surface area contributed by atoms with Crippen molar-refractivity contribution in [2.45, 2.75) is 31.8 Å². The predicted octanol–water partition coefficient (Wildman–Crippen LogP) is 4.79. The molecule has 29 heavy (non-hydrogen) atoms. The Morgan fingerprint density at radius 3 is 2.69 bits per heavy atom. The van der Waals surface area contributed by atoms with Crippen molar-refractivity contribution in [1.29, 1.82) is 0 Å². The highest BCUT2D eigenvalue weighted by Crippen LogP contribution is 2.46. The fraction of sp³-hybridized carbons (Fsp3) is 0.391. The van der Waals surface area contributed by atoms with Crippen molar-refractivity contribution in [2.24, 2.45) is 0 Å². The normalized spacial score (nSPS) is 23.6. The second kappa shape index (κ2) is 6.80. The lowest BCUT2D eigenvalue weighted by Gasteiger charge is -2.43. The van der Waals surface area contributed by atoms with Gasteiger partial charge in [-0.05, 0) is 67.7 Å². The summed E-state index contributed by atoms with van der Waals surface area (Å²) in [5, 5.41) is 3.55. The van der Waals surface area contributed by atoms with Crippen LogP contribution in [-0.4, -0.2) is 36.7 Å². The topological polar surface area (TPSA) is 18.5 Å². The highest BCUT2D eigenvalue weighted by atomic mass is 19.1. The zero-order chi connectivity index (χ0) is 20.2. The van der Waals surface area contributed by atoms with Gasteiger partial charge in [-0.15, -0.1) is 0 Å². The Bertz CT molecular complexity index is 1000. The van der Waals surface area contributed by atoms with Gasteiger partial charge in [0, 0.05) is 31.7 Å². The molecule has 0 aromatic heterocycles. The van der Waals surface area contributed by atoms with Crippen molar-refractivity contribution in [3.63, 3.8) is 0 Å². The fourth-order valence-corrected chi connectivity index (χ4v) is 5.05. The molecule has 5 rings (SSSR count). The van der Waals surface area contributed by atoms with Gasteiger partial charge in [0.25, 0.3) is 0 Å². The molecule has 0 bridgehead atoms. The van der Waals surface area contributed by atoms with Crippen LogP contribution in [-0.2, 0) is 6.42 Å². The van der Waals surface area contributed by atoms with E-state index in [2.05, 4.69) is 22.0 Å². The molecule has 1 unspecified atom stereocenters. The Morgan fingerprint density at radius 1 is 1.03 bits per heavy atom. The van der Waals surface area contributed by atoms with Gasteiger partial charge in [-0.2, -0.15) is 0 Å². The molecule has 0 saturated heterocycles. The summed E-state index contributed by atoms with van der Waals surface area (Å²) in [4.78, 5) is 4.68. The lowest BCUT2D eigenvalue weighted by Crippen LogP contribution is -2.57. The largest absolute Gasteiger partial charge is 0.360 e. The quantitative estimate of drug-likeness (QED) is 0.801. The molecular weight excluding hydrogens is 375 g/mol. The first-order valence-corrected chi connectivity index (χ1v) is 10.2. The summed E-state index contributed by atoms with van der Waals surface area (Å²) in [5.41, 5.74) is 3.98. The first-order valence-electron chi connectivity index (χ1n) is 10.2. The number of halogens is 3. The van der Waals surface area contributed by atoms with Crippen molar-refractivity contribution < 1.29 is 13.2 Å². The molecule has 3 aliphatic rings. The number of aryl methyl sites for hydroxylation is 1. The average molecular weight is 399 g/mol. The number of hydrogen-bond donors (Lipinski definition) is 1. The van der Waals surface area contributed by atoms with Gasteiger partial charge >= 0.3 is 0 Å². The Labute approximate surface area is 168 Å². The van der Waals surface area contributed by atoms with E-state index in [4.69, 9.17) is 0 Å². The number of hydrogen-bond acceptors (Lipinski definition) is 3. The van der Waals surface area contributed by atoms with Crippen molar-refractivity contribution >= 4 is 16.9 Å². The maximum atomic E-state index is 14.1. The van der Waals surface area contributed by atoms with Crippen LogP contribution in [0.15, 0.2) is 36.4 Å². The molecule has 3 heterocycles. The third-order valence-electron chi connectivity index (χ3n) is 6.35. The Hall–Kier alpha value is -2.47. The third kappa shape index (κ3) is 3.19. The van der Waals surface area contributed by atoms with Crippen LogP contribution < -0.4 is 10.2 Å². The van der Waals surface area contributed by atoms with Crippen LogP contribution in [0.3, 0.4) is 0 Å². The Kier molecular flexibility index (Phi) is 4.35. The molecule has 3 aliphatic heterocycles. The number of nitrogens with one attached hydrogen (secondary N) is 1. The summed E-state index contributed by atoms with van der Waals surface area (Å²) < 4.78 is 41.6. The SMILES string of the molecule is CC1(CN2CC=C(c3cc(F)ccc3F)CC2)Nc2cc(F)cc3c2N1CCC3. The summed E-state index contributed by atoms with van der Waals surface area (Å²) in [5.74, 6) is -0.993. The van der Waals surface area contributed by atoms with Gasteiger partial charge in [0.15, 0.2) is 0 Å². The van der Waals surface area contributed by atoms with Crippen LogP contribution in [0.4, 0.5) is 24.5 Å². The van der Waals surface area contributed by atoms with Crippen LogP contribution in [0, 0.1) is 17.5 Å². The molecule has 6 heteroatoms. The molecule has 0 saturated carbocycles. The maximum Gasteiger partial charge on any atom is 0.130 e. The lowest BCUT2D eigenvalue weighted by atomic mass is 9.97. The Balaban J connectivity index is 1.35. The van der Waals surface area contributed by atoms with Gasteiger partial charge in [-0.3, -0.25) is 4.90 Å². The van der Waals surface area contributed by atoms with Crippen LogP contribution in [0.2, 0.25) is 0 Å². The number of anilines is 2. The number of nitrogens with zero attached hydrogens (tertiary/aromatic N) is 2. The first-order chi connectivity index (χ1) is 13.9. The summed E-state index contributed by atoms with van der Waals surface area (Å²) in [6, 6.07) is 6.85. The minimum Gasteiger partial charge on any atom is -0.360 e. The number of rotatable bonds is 3. The molecule has 0 aliphatic carbocycles. The molecule has 152 valence electrons. The van der Waals surface area contributed by atoms with Crippen molar-refractivity contribution in [3.8, 4) is 0 Å². The first kappa shape index (κ1) is 18.6. The van der Waals surface area contributed by atoms with Gasteiger partial charge in [-0.25, -0.2) is 13.2 Å². The van der Waals surface area contributed by atoms with E-state index in [1.54, 1.807) is 12.1 Å². The van der Waals surface area contributed by atoms with Crippen molar-refractivity contribution in [2.75, 3.05) is 36.4 Å². The summed E-state index contributed by atoms with van der Waals surface area (Å²) in [6.07, 6.45) is 4.58. The molecule has 0 fully saturated rings. The van der Waals surface area contributed by atoms with Gasteiger partial charge in [0.05, 0.1) is 11.4 Å². The summed E-state index contributed by atoms with van der Waals surface area (Å²) >= 11 is 0. The zero-order valence-electron chi connectivity index (χ0n) is 16.4. The van der Waals surface area contributed by atoms with E-state index < -0.39 is 5.82 Å². The monoisotopic (exact) mass is 399 g/mol. The molecule has 1 atom stereocenters. The predicted molar refractivity (Wildman–Crippen MR) is 109 cm³/mol. The zero-order valence-corrected chi connectivity index (χ0v) is 16.4. The fourth-order valence-electron chi connectivity index (χ4n) is 5.05. The lowest BCUT2D eigenvalue weighted by molar-refractivity contribution is 0.244. The van der Waals surface area contributed by atoms with Gasteiger partial charge < -0.3 is 10.2 Å². The van der Waals surface area contributed by atoms with Crippen molar-refractivity contribution in [1.82, 2.24) is 4.90 Å². The molecule has 2 aromatic carbocycles. The average Bonchev–Trinajstić information content (AvgIpc) is 2.97. The van der Waals surface area contributed by atoms with Gasteiger partial charge in [-0.1, -0.05) is 6.08 Å². The van der Waals surface area contributed by atoms with Gasteiger partial charge in [0.1, 0.15) is 23.1 Å². The minimum atomic E-state index is -0.418. The minimum absolute atomic E-state index is 0.194. The number of benzene rings is 2. The smallest absolute Gasteiger partial charge is 0.130 e. The molecule has 0 spiro atoms. The van der Waals surface area contributed by atoms with Crippen molar-refractivity contribution in [3.05, 3.63) is 65.0 Å². The van der Waals surface area contributed by atoms with E-state index >= 15 is 0 Å². The summed E-state index contributed by atoms with van der Waals surface area (Å²) in [7, 11) is 0. The molecule has 0 radical (unpaired) electrons. The molecular formula is C23H24F3N3.